The number of carbonyl (C=O) groups excluding carboxylic acids is 1. The number of aryl methyl sites for hydroxylation is 2. The van der Waals surface area contributed by atoms with Gasteiger partial charge in [0.2, 0.25) is 0 Å². The molecule has 12 heteroatoms. The molecule has 4 heterocycles. The highest BCUT2D eigenvalue weighted by Crippen LogP contribution is 2.41. The Kier molecular flexibility index (Phi) is 10.2. The Bertz CT molecular complexity index is 3570. The zero-order valence-electron chi connectivity index (χ0n) is 36.3. The fourth-order valence-corrected chi connectivity index (χ4v) is 10.3. The van der Waals surface area contributed by atoms with Crippen LogP contribution in [0.25, 0.3) is 88.5 Å². The van der Waals surface area contributed by atoms with E-state index < -0.39 is 11.9 Å². The molecule has 0 radical (unpaired) electrons. The number of esters is 1. The summed E-state index contributed by atoms with van der Waals surface area (Å²) >= 11 is 13.2. The Labute approximate surface area is 384 Å². The standard InChI is InChI=1S/C27H24ClN3O2.C26H22ClN3O2/c1-3-30-21-7-5-4-6-18(21)20-14-17(10-12-22(20)30)26-29-25-23(31(26)15-16-8-9-16)13-11-19(24(25)28)27(32)33-2;1-2-29-20-6-4-3-5-17(20)19-13-16(9-11-21(19)29)25-28-24-22(30(25)14-15-7-8-15)12-10-18(23(24)27)26(31)32/h4-7,10-14,16H,3,8-9,15H2,1-2H3;3-6,9-13,15H,2,7-8,14H2,1H3,(H,31,32). The zero-order valence-corrected chi connectivity index (χ0v) is 37.8. The summed E-state index contributed by atoms with van der Waals surface area (Å²) in [5.74, 6) is 1.53. The number of rotatable bonds is 10. The number of para-hydroxylation sites is 2. The smallest absolute Gasteiger partial charge is 0.339 e. The second-order valence-electron chi connectivity index (χ2n) is 17.4. The van der Waals surface area contributed by atoms with Crippen LogP contribution in [0.2, 0.25) is 10.0 Å². The SMILES string of the molecule is CCn1c2ccccc2c2cc(-c3nc4c(Cl)c(C(=O)O)ccc4n3CC3CC3)ccc21.CCn1c2ccccc2c2cc(-c3nc4c(Cl)c(C(=O)OC)ccc4n3CC3CC3)ccc21. The third kappa shape index (κ3) is 6.93. The van der Waals surface area contributed by atoms with Gasteiger partial charge in [-0.15, -0.1) is 0 Å². The van der Waals surface area contributed by atoms with Crippen LogP contribution in [-0.4, -0.2) is 52.4 Å². The molecule has 0 saturated heterocycles. The van der Waals surface area contributed by atoms with Crippen molar-refractivity contribution < 1.29 is 19.4 Å². The van der Waals surface area contributed by atoms with E-state index in [1.807, 2.05) is 12.1 Å². The van der Waals surface area contributed by atoms with Crippen LogP contribution >= 0.6 is 23.2 Å². The average Bonchev–Trinajstić information content (AvgIpc) is 4.21. The molecule has 2 fully saturated rings. The minimum atomic E-state index is -1.04. The molecule has 0 unspecified atom stereocenters. The van der Waals surface area contributed by atoms with Gasteiger partial charge in [-0.1, -0.05) is 59.6 Å². The van der Waals surface area contributed by atoms with Crippen LogP contribution < -0.4 is 0 Å². The van der Waals surface area contributed by atoms with Crippen molar-refractivity contribution in [1.82, 2.24) is 28.2 Å². The van der Waals surface area contributed by atoms with E-state index in [0.29, 0.717) is 33.5 Å². The molecule has 6 aromatic carbocycles. The Morgan fingerprint density at radius 1 is 0.569 bits per heavy atom. The molecule has 0 spiro atoms. The summed E-state index contributed by atoms with van der Waals surface area (Å²) in [7, 11) is 1.36. The summed E-state index contributed by atoms with van der Waals surface area (Å²) in [6, 6.07) is 37.2. The summed E-state index contributed by atoms with van der Waals surface area (Å²) in [5.41, 5.74) is 10.4. The van der Waals surface area contributed by atoms with Crippen LogP contribution in [0.15, 0.2) is 109 Å². The number of benzene rings is 6. The maximum absolute atomic E-state index is 12.2. The summed E-state index contributed by atoms with van der Waals surface area (Å²) in [5, 5.41) is 14.9. The molecule has 65 heavy (non-hydrogen) atoms. The third-order valence-electron chi connectivity index (χ3n) is 13.3. The maximum Gasteiger partial charge on any atom is 0.339 e. The van der Waals surface area contributed by atoms with E-state index in [1.54, 1.807) is 12.1 Å². The number of carbonyl (C=O) groups is 2. The number of nitrogens with zero attached hydrogens (tertiary/aromatic N) is 6. The number of fused-ring (bicyclic) bond motifs is 8. The van der Waals surface area contributed by atoms with Crippen LogP contribution in [0, 0.1) is 11.8 Å². The molecule has 2 saturated carbocycles. The fourth-order valence-electron chi connectivity index (χ4n) is 9.75. The van der Waals surface area contributed by atoms with Gasteiger partial charge >= 0.3 is 11.9 Å². The molecule has 10 aromatic rings. The Morgan fingerprint density at radius 3 is 1.42 bits per heavy atom. The molecule has 0 bridgehead atoms. The van der Waals surface area contributed by atoms with Gasteiger partial charge in [0, 0.05) is 80.9 Å². The molecule has 326 valence electrons. The zero-order chi connectivity index (χ0) is 44.7. The molecule has 0 amide bonds. The first kappa shape index (κ1) is 41.1. The quantitative estimate of drug-likeness (QED) is 0.137. The summed E-state index contributed by atoms with van der Waals surface area (Å²) < 4.78 is 14.1. The predicted octanol–water partition coefficient (Wildman–Crippen LogP) is 13.3. The highest BCUT2D eigenvalue weighted by molar-refractivity contribution is 6.38. The number of imidazole rings is 2. The number of methoxy groups -OCH3 is 1. The molecule has 0 atom stereocenters. The largest absolute Gasteiger partial charge is 0.478 e. The highest BCUT2D eigenvalue weighted by Gasteiger charge is 2.28. The van der Waals surface area contributed by atoms with Crippen LogP contribution in [0.4, 0.5) is 0 Å². The number of aromatic nitrogens is 6. The first-order valence-corrected chi connectivity index (χ1v) is 23.1. The Balaban J connectivity index is 0.000000144. The number of hydrogen-bond donors (Lipinski definition) is 1. The van der Waals surface area contributed by atoms with E-state index in [0.717, 1.165) is 60.0 Å². The minimum absolute atomic E-state index is 0.0863. The third-order valence-corrected chi connectivity index (χ3v) is 14.1. The van der Waals surface area contributed by atoms with E-state index in [9.17, 15) is 14.7 Å². The minimum Gasteiger partial charge on any atom is -0.478 e. The predicted molar refractivity (Wildman–Crippen MR) is 261 cm³/mol. The number of hydrogen-bond acceptors (Lipinski definition) is 5. The number of carboxylic acids is 1. The van der Waals surface area contributed by atoms with Crippen LogP contribution in [0.3, 0.4) is 0 Å². The molecular weight excluding hydrogens is 856 g/mol. The second kappa shape index (κ2) is 16.1. The monoisotopic (exact) mass is 900 g/mol. The molecule has 12 rings (SSSR count). The van der Waals surface area contributed by atoms with Gasteiger partial charge in [0.05, 0.1) is 39.3 Å². The van der Waals surface area contributed by atoms with Crippen molar-refractivity contribution in [1.29, 1.82) is 0 Å². The number of halogens is 2. The van der Waals surface area contributed by atoms with Crippen LogP contribution in [0.5, 0.6) is 0 Å². The van der Waals surface area contributed by atoms with Crippen molar-refractivity contribution in [2.75, 3.05) is 7.11 Å². The van der Waals surface area contributed by atoms with Gasteiger partial charge in [-0.05, 0) is 124 Å². The topological polar surface area (TPSA) is 109 Å². The fraction of sp³-hybridized carbons (Fsp3) is 0.245. The first-order chi connectivity index (χ1) is 31.7. The Morgan fingerprint density at radius 2 is 0.985 bits per heavy atom. The lowest BCUT2D eigenvalue weighted by atomic mass is 10.1. The average molecular weight is 902 g/mol. The van der Waals surface area contributed by atoms with E-state index in [2.05, 4.69) is 117 Å². The second-order valence-corrected chi connectivity index (χ2v) is 18.1. The molecule has 2 aliphatic rings. The Hall–Kier alpha value is -6.62. The van der Waals surface area contributed by atoms with Crippen molar-refractivity contribution in [2.45, 2.75) is 65.7 Å². The molecule has 10 nitrogen and oxygen atoms in total. The molecule has 2 aliphatic carbocycles. The highest BCUT2D eigenvalue weighted by atomic mass is 35.5. The number of ether oxygens (including phenoxy) is 1. The number of carboxylic acid groups (broad SMARTS) is 1. The van der Waals surface area contributed by atoms with Crippen molar-refractivity contribution in [3.63, 3.8) is 0 Å². The van der Waals surface area contributed by atoms with Gasteiger partial charge in [-0.25, -0.2) is 19.6 Å². The van der Waals surface area contributed by atoms with Gasteiger partial charge in [0.1, 0.15) is 22.7 Å². The number of aromatic carboxylic acids is 1. The molecule has 1 N–H and O–H groups in total. The first-order valence-electron chi connectivity index (χ1n) is 22.4. The van der Waals surface area contributed by atoms with E-state index >= 15 is 0 Å². The van der Waals surface area contributed by atoms with Gasteiger partial charge in [0.25, 0.3) is 0 Å². The van der Waals surface area contributed by atoms with Crippen molar-refractivity contribution in [2.24, 2.45) is 11.8 Å². The van der Waals surface area contributed by atoms with Gasteiger partial charge in [-0.3, -0.25) is 0 Å². The van der Waals surface area contributed by atoms with Gasteiger partial charge < -0.3 is 28.1 Å². The summed E-state index contributed by atoms with van der Waals surface area (Å²) in [6.45, 7) is 7.91. The lowest BCUT2D eigenvalue weighted by Crippen LogP contribution is -2.04. The van der Waals surface area contributed by atoms with E-state index in [1.165, 1.54) is 76.4 Å². The van der Waals surface area contributed by atoms with E-state index in [4.69, 9.17) is 37.9 Å². The molecule has 4 aromatic heterocycles. The molecule has 0 aliphatic heterocycles. The molecular formula is C53H46Cl2N6O4. The maximum atomic E-state index is 12.2. The van der Waals surface area contributed by atoms with Crippen LogP contribution in [0.1, 0.15) is 60.2 Å². The lowest BCUT2D eigenvalue weighted by molar-refractivity contribution is 0.0600. The summed E-state index contributed by atoms with van der Waals surface area (Å²) in [6.07, 6.45) is 4.89. The lowest BCUT2D eigenvalue weighted by Gasteiger charge is -2.10. The van der Waals surface area contributed by atoms with Crippen LogP contribution in [-0.2, 0) is 30.9 Å². The normalized spacial score (nSPS) is 14.0. The van der Waals surface area contributed by atoms with Crippen molar-refractivity contribution in [3.05, 3.63) is 130 Å². The van der Waals surface area contributed by atoms with Gasteiger partial charge in [0.15, 0.2) is 0 Å². The van der Waals surface area contributed by atoms with E-state index in [-0.39, 0.29) is 10.6 Å². The summed E-state index contributed by atoms with van der Waals surface area (Å²) in [4.78, 5) is 33.6. The van der Waals surface area contributed by atoms with Crippen molar-refractivity contribution in [3.8, 4) is 22.8 Å². The van der Waals surface area contributed by atoms with Crippen molar-refractivity contribution >= 4 is 101 Å². The van der Waals surface area contributed by atoms with Gasteiger partial charge in [-0.2, -0.15) is 0 Å².